The molecule has 1 amide bonds. The monoisotopic (exact) mass is 413 g/mol. The number of morpholine rings is 1. The molecule has 1 heterocycles. The Morgan fingerprint density at radius 3 is 2.54 bits per heavy atom. The molecule has 0 unspecified atom stereocenters. The van der Waals surface area contributed by atoms with Gasteiger partial charge in [0.15, 0.2) is 0 Å². The maximum Gasteiger partial charge on any atom is 0.240 e. The van der Waals surface area contributed by atoms with E-state index in [1.165, 1.54) is 6.07 Å². The van der Waals surface area contributed by atoms with Crippen LogP contribution in [0.3, 0.4) is 0 Å². The fourth-order valence-electron chi connectivity index (χ4n) is 3.69. The number of halogens is 1. The average molecular weight is 414 g/mol. The Kier molecular flexibility index (Phi) is 6.90. The first-order valence-corrected chi connectivity index (χ1v) is 11.4. The summed E-state index contributed by atoms with van der Waals surface area (Å²) in [7, 11) is -3.73. The van der Waals surface area contributed by atoms with Gasteiger partial charge in [0.05, 0.1) is 18.9 Å². The van der Waals surface area contributed by atoms with Crippen LogP contribution in [0, 0.1) is 11.7 Å². The van der Waals surface area contributed by atoms with Crippen molar-refractivity contribution in [2.75, 3.05) is 42.3 Å². The molecule has 2 aliphatic rings. The number of carbonyl (C=O) groups is 1. The van der Waals surface area contributed by atoms with Gasteiger partial charge in [-0.25, -0.2) is 17.5 Å². The van der Waals surface area contributed by atoms with Crippen molar-refractivity contribution in [3.63, 3.8) is 0 Å². The molecule has 156 valence electrons. The molecule has 1 saturated carbocycles. The summed E-state index contributed by atoms with van der Waals surface area (Å²) in [4.78, 5) is 14.0. The Hall–Kier alpha value is -1.71. The Balaban J connectivity index is 1.54. The van der Waals surface area contributed by atoms with Crippen molar-refractivity contribution in [2.45, 2.75) is 38.6 Å². The summed E-state index contributed by atoms with van der Waals surface area (Å²) >= 11 is 0. The van der Waals surface area contributed by atoms with Gasteiger partial charge in [0.2, 0.25) is 15.9 Å². The summed E-state index contributed by atoms with van der Waals surface area (Å²) in [6.07, 6.45) is 3.54. The molecule has 1 aliphatic heterocycles. The summed E-state index contributed by atoms with van der Waals surface area (Å²) in [5, 5.41) is 2.47. The van der Waals surface area contributed by atoms with Crippen LogP contribution in [0.2, 0.25) is 0 Å². The van der Waals surface area contributed by atoms with Gasteiger partial charge in [-0.15, -0.1) is 0 Å². The first-order valence-electron chi connectivity index (χ1n) is 9.74. The van der Waals surface area contributed by atoms with Gasteiger partial charge in [0.1, 0.15) is 11.6 Å². The summed E-state index contributed by atoms with van der Waals surface area (Å²) < 4.78 is 46.8. The van der Waals surface area contributed by atoms with E-state index in [0.29, 0.717) is 37.9 Å². The third kappa shape index (κ3) is 5.89. The highest BCUT2D eigenvalue weighted by Crippen LogP contribution is 2.25. The minimum Gasteiger partial charge on any atom is -0.378 e. The van der Waals surface area contributed by atoms with Gasteiger partial charge in [0, 0.05) is 24.8 Å². The van der Waals surface area contributed by atoms with Gasteiger partial charge >= 0.3 is 0 Å². The maximum absolute atomic E-state index is 14.4. The van der Waals surface area contributed by atoms with E-state index in [0.717, 1.165) is 25.7 Å². The van der Waals surface area contributed by atoms with Gasteiger partial charge < -0.3 is 15.0 Å². The van der Waals surface area contributed by atoms with Crippen molar-refractivity contribution >= 4 is 27.3 Å². The second kappa shape index (κ2) is 9.19. The molecule has 0 bridgehead atoms. The first-order chi connectivity index (χ1) is 13.3. The lowest BCUT2D eigenvalue weighted by atomic mass is 9.88. The van der Waals surface area contributed by atoms with Crippen LogP contribution in [0.5, 0.6) is 0 Å². The third-order valence-corrected chi connectivity index (χ3v) is 6.60. The van der Waals surface area contributed by atoms with Crippen molar-refractivity contribution < 1.29 is 22.3 Å². The van der Waals surface area contributed by atoms with E-state index in [1.807, 2.05) is 4.90 Å². The van der Waals surface area contributed by atoms with Crippen LogP contribution < -0.4 is 14.9 Å². The number of amides is 1. The minimum absolute atomic E-state index is 0.112. The molecule has 0 radical (unpaired) electrons. The Bertz CT molecular complexity index is 788. The highest BCUT2D eigenvalue weighted by atomic mass is 32.2. The second-order valence-electron chi connectivity index (χ2n) is 7.65. The molecule has 0 spiro atoms. The second-order valence-corrected chi connectivity index (χ2v) is 9.40. The zero-order chi connectivity index (χ0) is 20.1. The number of nitrogens with one attached hydrogen (secondary N) is 2. The number of carbonyl (C=O) groups excluding carboxylic acids is 1. The van der Waals surface area contributed by atoms with E-state index in [2.05, 4.69) is 17.0 Å². The molecular formula is C19H28FN3O4S. The standard InChI is InChI=1S/C19H28FN3O4S/c1-14-2-4-15(5-3-14)22-28(25,26)13-19(24)21-16-6-7-18(17(20)12-16)23-8-10-27-11-9-23/h6-7,12,14-15,22H,2-5,8-11,13H2,1H3,(H,21,24). The molecule has 7 nitrogen and oxygen atoms in total. The van der Waals surface area contributed by atoms with Crippen LogP contribution in [0.25, 0.3) is 0 Å². The van der Waals surface area contributed by atoms with E-state index in [-0.39, 0.29) is 11.7 Å². The zero-order valence-corrected chi connectivity index (χ0v) is 16.9. The SMILES string of the molecule is CC1CCC(NS(=O)(=O)CC(=O)Nc2ccc(N3CCOCC3)c(F)c2)CC1. The number of anilines is 2. The van der Waals surface area contributed by atoms with Crippen molar-refractivity contribution in [2.24, 2.45) is 5.92 Å². The summed E-state index contributed by atoms with van der Waals surface area (Å²) in [6, 6.07) is 4.27. The largest absolute Gasteiger partial charge is 0.378 e. The number of hydrogen-bond donors (Lipinski definition) is 2. The average Bonchev–Trinajstić information content (AvgIpc) is 2.63. The fourth-order valence-corrected chi connectivity index (χ4v) is 4.93. The molecule has 1 saturated heterocycles. The van der Waals surface area contributed by atoms with Gasteiger partial charge in [-0.1, -0.05) is 6.92 Å². The van der Waals surface area contributed by atoms with Crippen LogP contribution in [0.4, 0.5) is 15.8 Å². The van der Waals surface area contributed by atoms with Crippen molar-refractivity contribution in [3.8, 4) is 0 Å². The number of sulfonamides is 1. The van der Waals surface area contributed by atoms with Crippen molar-refractivity contribution in [1.29, 1.82) is 0 Å². The van der Waals surface area contributed by atoms with Gasteiger partial charge in [-0.2, -0.15) is 0 Å². The van der Waals surface area contributed by atoms with Crippen LogP contribution in [0.1, 0.15) is 32.6 Å². The van der Waals surface area contributed by atoms with Crippen LogP contribution in [-0.2, 0) is 19.6 Å². The van der Waals surface area contributed by atoms with Gasteiger partial charge in [-0.05, 0) is 49.8 Å². The first kappa shape index (κ1) is 21.0. The number of ether oxygens (including phenoxy) is 1. The van der Waals surface area contributed by atoms with E-state index in [4.69, 9.17) is 4.74 Å². The number of rotatable bonds is 6. The van der Waals surface area contributed by atoms with E-state index >= 15 is 0 Å². The lowest BCUT2D eigenvalue weighted by molar-refractivity contribution is -0.113. The van der Waals surface area contributed by atoms with Crippen LogP contribution >= 0.6 is 0 Å². The van der Waals surface area contributed by atoms with E-state index in [1.54, 1.807) is 12.1 Å². The predicted molar refractivity (Wildman–Crippen MR) is 106 cm³/mol. The third-order valence-electron chi connectivity index (χ3n) is 5.27. The molecule has 28 heavy (non-hydrogen) atoms. The minimum atomic E-state index is -3.73. The molecule has 2 fully saturated rings. The van der Waals surface area contributed by atoms with Crippen molar-refractivity contribution in [3.05, 3.63) is 24.0 Å². The molecule has 1 aromatic rings. The Morgan fingerprint density at radius 1 is 1.21 bits per heavy atom. The molecule has 1 aromatic carbocycles. The summed E-state index contributed by atoms with van der Waals surface area (Å²) in [5.41, 5.74) is 0.684. The summed E-state index contributed by atoms with van der Waals surface area (Å²) in [6.45, 7) is 4.45. The van der Waals surface area contributed by atoms with Crippen LogP contribution in [-0.4, -0.2) is 52.4 Å². The van der Waals surface area contributed by atoms with Crippen molar-refractivity contribution in [1.82, 2.24) is 4.72 Å². The fraction of sp³-hybridized carbons (Fsp3) is 0.632. The topological polar surface area (TPSA) is 87.7 Å². The molecule has 3 rings (SSSR count). The highest BCUT2D eigenvalue weighted by molar-refractivity contribution is 7.90. The molecule has 2 N–H and O–H groups in total. The lowest BCUT2D eigenvalue weighted by Gasteiger charge is -2.29. The van der Waals surface area contributed by atoms with E-state index < -0.39 is 27.5 Å². The molecule has 0 atom stereocenters. The summed E-state index contributed by atoms with van der Waals surface area (Å²) in [5.74, 6) is -1.21. The normalized spacial score (nSPS) is 23.4. The Morgan fingerprint density at radius 2 is 1.89 bits per heavy atom. The number of benzene rings is 1. The van der Waals surface area contributed by atoms with Crippen LogP contribution in [0.15, 0.2) is 18.2 Å². The predicted octanol–water partition coefficient (Wildman–Crippen LogP) is 2.10. The zero-order valence-electron chi connectivity index (χ0n) is 16.1. The number of hydrogen-bond acceptors (Lipinski definition) is 5. The molecule has 9 heteroatoms. The molecular weight excluding hydrogens is 385 g/mol. The van der Waals surface area contributed by atoms with Gasteiger partial charge in [0.25, 0.3) is 0 Å². The smallest absolute Gasteiger partial charge is 0.240 e. The van der Waals surface area contributed by atoms with E-state index in [9.17, 15) is 17.6 Å². The molecule has 1 aliphatic carbocycles. The highest BCUT2D eigenvalue weighted by Gasteiger charge is 2.25. The number of nitrogens with zero attached hydrogens (tertiary/aromatic N) is 1. The lowest BCUT2D eigenvalue weighted by Crippen LogP contribution is -2.41. The van der Waals surface area contributed by atoms with Gasteiger partial charge in [-0.3, -0.25) is 4.79 Å². The Labute approximate surface area is 165 Å². The molecule has 0 aromatic heterocycles. The quantitative estimate of drug-likeness (QED) is 0.746. The maximum atomic E-state index is 14.4.